The van der Waals surface area contributed by atoms with E-state index >= 15 is 0 Å². The third kappa shape index (κ3) is 3.72. The van der Waals surface area contributed by atoms with E-state index in [0.717, 1.165) is 30.8 Å². The van der Waals surface area contributed by atoms with Crippen LogP contribution in [-0.2, 0) is 0 Å². The summed E-state index contributed by atoms with van der Waals surface area (Å²) in [6.07, 6.45) is 4.94. The molecule has 1 aliphatic carbocycles. The topological polar surface area (TPSA) is 12.0 Å². The van der Waals surface area contributed by atoms with Gasteiger partial charge in [0.15, 0.2) is 0 Å². The second-order valence-electron chi connectivity index (χ2n) is 4.40. The molecule has 1 rings (SSSR count). The van der Waals surface area contributed by atoms with Gasteiger partial charge < -0.3 is 5.32 Å². The summed E-state index contributed by atoms with van der Waals surface area (Å²) in [5, 5.41) is 3.65. The van der Waals surface area contributed by atoms with Crippen molar-refractivity contribution in [2.24, 2.45) is 11.8 Å². The SMILES string of the molecule is CC#CCCC(NCCC)C1CC1C. The van der Waals surface area contributed by atoms with Crippen LogP contribution >= 0.6 is 0 Å². The summed E-state index contributed by atoms with van der Waals surface area (Å²) in [6.45, 7) is 7.67. The molecule has 0 aromatic heterocycles. The van der Waals surface area contributed by atoms with Crippen LogP contribution in [0.4, 0.5) is 0 Å². The van der Waals surface area contributed by atoms with Gasteiger partial charge in [-0.25, -0.2) is 0 Å². The zero-order chi connectivity index (χ0) is 10.4. The molecule has 0 heterocycles. The first-order chi connectivity index (χ1) is 6.79. The lowest BCUT2D eigenvalue weighted by molar-refractivity contribution is 0.425. The van der Waals surface area contributed by atoms with Gasteiger partial charge in [-0.05, 0) is 44.6 Å². The van der Waals surface area contributed by atoms with Crippen LogP contribution in [0, 0.1) is 23.7 Å². The number of rotatable bonds is 6. The van der Waals surface area contributed by atoms with E-state index in [-0.39, 0.29) is 0 Å². The molecule has 0 saturated heterocycles. The second kappa shape index (κ2) is 6.09. The number of hydrogen-bond acceptors (Lipinski definition) is 1. The van der Waals surface area contributed by atoms with Crippen molar-refractivity contribution in [2.75, 3.05) is 6.54 Å². The smallest absolute Gasteiger partial charge is 0.0107 e. The maximum absolute atomic E-state index is 3.65. The summed E-state index contributed by atoms with van der Waals surface area (Å²) in [5.74, 6) is 8.01. The predicted octanol–water partition coefficient (Wildman–Crippen LogP) is 2.81. The van der Waals surface area contributed by atoms with Gasteiger partial charge in [0, 0.05) is 12.5 Å². The molecule has 0 aliphatic heterocycles. The van der Waals surface area contributed by atoms with Gasteiger partial charge in [0.25, 0.3) is 0 Å². The van der Waals surface area contributed by atoms with Gasteiger partial charge in [-0.1, -0.05) is 13.8 Å². The highest BCUT2D eigenvalue weighted by Crippen LogP contribution is 2.41. The zero-order valence-electron chi connectivity index (χ0n) is 9.77. The minimum absolute atomic E-state index is 0.728. The van der Waals surface area contributed by atoms with Gasteiger partial charge in [0.1, 0.15) is 0 Å². The van der Waals surface area contributed by atoms with Crippen LogP contribution in [0.25, 0.3) is 0 Å². The van der Waals surface area contributed by atoms with Gasteiger partial charge in [-0.2, -0.15) is 0 Å². The van der Waals surface area contributed by atoms with Gasteiger partial charge >= 0.3 is 0 Å². The number of hydrogen-bond donors (Lipinski definition) is 1. The Morgan fingerprint density at radius 2 is 2.21 bits per heavy atom. The Balaban J connectivity index is 2.24. The van der Waals surface area contributed by atoms with E-state index in [1.165, 1.54) is 19.3 Å². The third-order valence-electron chi connectivity index (χ3n) is 3.10. The summed E-state index contributed by atoms with van der Waals surface area (Å²) in [4.78, 5) is 0. The molecule has 1 aliphatic rings. The van der Waals surface area contributed by atoms with Crippen LogP contribution in [0.3, 0.4) is 0 Å². The van der Waals surface area contributed by atoms with Crippen molar-refractivity contribution in [1.82, 2.24) is 5.32 Å². The molecule has 3 atom stereocenters. The minimum atomic E-state index is 0.728. The molecule has 14 heavy (non-hydrogen) atoms. The maximum Gasteiger partial charge on any atom is 0.0107 e. The van der Waals surface area contributed by atoms with E-state index in [0.29, 0.717) is 0 Å². The fourth-order valence-electron chi connectivity index (χ4n) is 2.06. The largest absolute Gasteiger partial charge is 0.314 e. The molecule has 1 nitrogen and oxygen atoms in total. The van der Waals surface area contributed by atoms with Crippen molar-refractivity contribution in [2.45, 2.75) is 52.5 Å². The molecule has 1 saturated carbocycles. The molecular weight excluding hydrogens is 170 g/mol. The Bertz CT molecular complexity index is 211. The van der Waals surface area contributed by atoms with Crippen molar-refractivity contribution in [3.8, 4) is 11.8 Å². The third-order valence-corrected chi connectivity index (χ3v) is 3.10. The highest BCUT2D eigenvalue weighted by Gasteiger charge is 2.38. The average Bonchev–Trinajstić information content (AvgIpc) is 2.89. The Labute approximate surface area is 88.7 Å². The van der Waals surface area contributed by atoms with E-state index < -0.39 is 0 Å². The van der Waals surface area contributed by atoms with E-state index in [2.05, 4.69) is 31.0 Å². The number of nitrogens with one attached hydrogen (secondary N) is 1. The van der Waals surface area contributed by atoms with E-state index in [1.54, 1.807) is 0 Å². The monoisotopic (exact) mass is 193 g/mol. The maximum atomic E-state index is 3.65. The van der Waals surface area contributed by atoms with Crippen molar-refractivity contribution < 1.29 is 0 Å². The Morgan fingerprint density at radius 3 is 2.71 bits per heavy atom. The van der Waals surface area contributed by atoms with Crippen LogP contribution in [-0.4, -0.2) is 12.6 Å². The van der Waals surface area contributed by atoms with E-state index in [4.69, 9.17) is 0 Å². The van der Waals surface area contributed by atoms with Crippen molar-refractivity contribution in [1.29, 1.82) is 0 Å². The van der Waals surface area contributed by atoms with Crippen LogP contribution in [0.15, 0.2) is 0 Å². The molecule has 0 aromatic rings. The van der Waals surface area contributed by atoms with Gasteiger partial charge in [-0.15, -0.1) is 11.8 Å². The fraction of sp³-hybridized carbons (Fsp3) is 0.846. The molecule has 0 bridgehead atoms. The van der Waals surface area contributed by atoms with Gasteiger partial charge in [0.05, 0.1) is 0 Å². The Kier molecular flexibility index (Phi) is 5.04. The second-order valence-corrected chi connectivity index (χ2v) is 4.40. The molecule has 1 fully saturated rings. The molecule has 0 spiro atoms. The first-order valence-corrected chi connectivity index (χ1v) is 5.92. The fourth-order valence-corrected chi connectivity index (χ4v) is 2.06. The minimum Gasteiger partial charge on any atom is -0.314 e. The van der Waals surface area contributed by atoms with E-state index in [1.807, 2.05) is 6.92 Å². The summed E-state index contributed by atoms with van der Waals surface area (Å²) in [7, 11) is 0. The van der Waals surface area contributed by atoms with Crippen molar-refractivity contribution in [3.63, 3.8) is 0 Å². The predicted molar refractivity (Wildman–Crippen MR) is 62.0 cm³/mol. The standard InChI is InChI=1S/C13H23N/c1-4-6-7-8-13(14-9-5-2)12-10-11(12)3/h11-14H,5,7-10H2,1-3H3. The summed E-state index contributed by atoms with van der Waals surface area (Å²) in [5.41, 5.74) is 0. The van der Waals surface area contributed by atoms with Crippen molar-refractivity contribution in [3.05, 3.63) is 0 Å². The highest BCUT2D eigenvalue weighted by atomic mass is 14.9. The molecule has 0 aromatic carbocycles. The van der Waals surface area contributed by atoms with Crippen LogP contribution in [0.2, 0.25) is 0 Å². The molecule has 1 N–H and O–H groups in total. The van der Waals surface area contributed by atoms with Crippen LogP contribution in [0.5, 0.6) is 0 Å². The summed E-state index contributed by atoms with van der Waals surface area (Å²) < 4.78 is 0. The average molecular weight is 193 g/mol. The van der Waals surface area contributed by atoms with Gasteiger partial charge in [0.2, 0.25) is 0 Å². The lowest BCUT2D eigenvalue weighted by atomic mass is 10.1. The molecule has 1 heteroatoms. The quantitative estimate of drug-likeness (QED) is 0.640. The Morgan fingerprint density at radius 1 is 1.50 bits per heavy atom. The zero-order valence-corrected chi connectivity index (χ0v) is 9.77. The molecule has 3 unspecified atom stereocenters. The molecular formula is C13H23N. The lowest BCUT2D eigenvalue weighted by Gasteiger charge is -2.17. The molecule has 80 valence electrons. The summed E-state index contributed by atoms with van der Waals surface area (Å²) in [6, 6.07) is 0.728. The first kappa shape index (κ1) is 11.6. The van der Waals surface area contributed by atoms with Crippen LogP contribution < -0.4 is 5.32 Å². The first-order valence-electron chi connectivity index (χ1n) is 5.92. The van der Waals surface area contributed by atoms with Gasteiger partial charge in [-0.3, -0.25) is 0 Å². The van der Waals surface area contributed by atoms with Crippen LogP contribution in [0.1, 0.15) is 46.5 Å². The highest BCUT2D eigenvalue weighted by molar-refractivity contribution is 4.98. The molecule has 0 radical (unpaired) electrons. The Hall–Kier alpha value is -0.480. The molecule has 0 amide bonds. The summed E-state index contributed by atoms with van der Waals surface area (Å²) >= 11 is 0. The van der Waals surface area contributed by atoms with E-state index in [9.17, 15) is 0 Å². The van der Waals surface area contributed by atoms with Crippen molar-refractivity contribution >= 4 is 0 Å². The lowest BCUT2D eigenvalue weighted by Crippen LogP contribution is -2.32. The normalized spacial score (nSPS) is 26.5.